The van der Waals surface area contributed by atoms with Gasteiger partial charge in [-0.15, -0.1) is 10.2 Å². The largest absolute Gasteiger partial charge is 0.391 e. The van der Waals surface area contributed by atoms with Crippen LogP contribution in [0.25, 0.3) is 0 Å². The lowest BCUT2D eigenvalue weighted by atomic mass is 10.1. The number of nitrogens with zero attached hydrogens (tertiary/aromatic N) is 3. The Labute approximate surface area is 80.9 Å². The molecule has 1 unspecified atom stereocenters. The van der Waals surface area contributed by atoms with Crippen LogP contribution in [0.3, 0.4) is 0 Å². The van der Waals surface area contributed by atoms with Gasteiger partial charge in [0.2, 0.25) is 0 Å². The molecule has 1 amide bonds. The summed E-state index contributed by atoms with van der Waals surface area (Å²) in [4.78, 5) is 11.2. The maximum Gasteiger partial charge on any atom is 0.292 e. The molecule has 1 aromatic rings. The second kappa shape index (κ2) is 4.66. The van der Waals surface area contributed by atoms with E-state index in [1.54, 1.807) is 0 Å². The fraction of sp³-hybridized carbons (Fsp3) is 0.714. The van der Waals surface area contributed by atoms with Gasteiger partial charge >= 0.3 is 0 Å². The molecule has 78 valence electrons. The normalized spacial score (nSPS) is 12.9. The Morgan fingerprint density at radius 3 is 2.86 bits per heavy atom. The Morgan fingerprint density at radius 2 is 2.36 bits per heavy atom. The number of aliphatic hydroxyl groups is 1. The molecule has 0 aromatic carbocycles. The van der Waals surface area contributed by atoms with Gasteiger partial charge in [0.1, 0.15) is 0 Å². The van der Waals surface area contributed by atoms with E-state index < -0.39 is 12.0 Å². The number of carbonyl (C=O) groups is 1. The van der Waals surface area contributed by atoms with Crippen LogP contribution in [0.5, 0.6) is 0 Å². The van der Waals surface area contributed by atoms with Gasteiger partial charge in [-0.3, -0.25) is 4.79 Å². The predicted molar refractivity (Wildman–Crippen MR) is 47.4 cm³/mol. The van der Waals surface area contributed by atoms with Crippen LogP contribution in [0.4, 0.5) is 0 Å². The molecule has 14 heavy (non-hydrogen) atoms. The Bertz CT molecular complexity index is 284. The summed E-state index contributed by atoms with van der Waals surface area (Å²) in [5.41, 5.74) is 0. The molecule has 3 N–H and O–H groups in total. The number of hydrogen-bond acceptors (Lipinski definition) is 5. The van der Waals surface area contributed by atoms with E-state index in [0.29, 0.717) is 0 Å². The predicted octanol–water partition coefficient (Wildman–Crippen LogP) is -1.05. The second-order valence-electron chi connectivity index (χ2n) is 3.26. The van der Waals surface area contributed by atoms with Crippen LogP contribution in [-0.4, -0.2) is 44.3 Å². The number of carbonyl (C=O) groups excluding carboxylic acids is 1. The van der Waals surface area contributed by atoms with Crippen molar-refractivity contribution in [2.24, 2.45) is 5.92 Å². The summed E-state index contributed by atoms with van der Waals surface area (Å²) in [6.45, 7) is 3.92. The Morgan fingerprint density at radius 1 is 1.64 bits per heavy atom. The Kier molecular flexibility index (Phi) is 3.52. The van der Waals surface area contributed by atoms with Gasteiger partial charge in [0.25, 0.3) is 11.7 Å². The number of rotatable bonds is 4. The molecule has 0 fully saturated rings. The number of amides is 1. The average molecular weight is 199 g/mol. The van der Waals surface area contributed by atoms with Crippen molar-refractivity contribution in [2.75, 3.05) is 6.54 Å². The van der Waals surface area contributed by atoms with Crippen LogP contribution < -0.4 is 5.32 Å². The topological polar surface area (TPSA) is 104 Å². The van der Waals surface area contributed by atoms with Crippen LogP contribution in [0, 0.1) is 5.92 Å². The van der Waals surface area contributed by atoms with Crippen LogP contribution in [0.15, 0.2) is 0 Å². The number of nitrogens with one attached hydrogen (secondary N) is 2. The molecule has 0 bridgehead atoms. The molecule has 1 rings (SSSR count). The first-order chi connectivity index (χ1) is 6.61. The van der Waals surface area contributed by atoms with E-state index in [4.69, 9.17) is 0 Å². The van der Waals surface area contributed by atoms with E-state index in [-0.39, 0.29) is 18.3 Å². The fourth-order valence-corrected chi connectivity index (χ4v) is 0.770. The monoisotopic (exact) mass is 199 g/mol. The van der Waals surface area contributed by atoms with Crippen LogP contribution in [0.2, 0.25) is 0 Å². The summed E-state index contributed by atoms with van der Waals surface area (Å²) in [6.07, 6.45) is -0.564. The van der Waals surface area contributed by atoms with E-state index in [9.17, 15) is 9.90 Å². The molecule has 1 aromatic heterocycles. The van der Waals surface area contributed by atoms with Crippen molar-refractivity contribution in [3.05, 3.63) is 5.82 Å². The molecular weight excluding hydrogens is 186 g/mol. The number of aliphatic hydroxyl groups excluding tert-OH is 1. The summed E-state index contributed by atoms with van der Waals surface area (Å²) in [5, 5.41) is 24.3. The van der Waals surface area contributed by atoms with Gasteiger partial charge in [0.15, 0.2) is 0 Å². The Hall–Kier alpha value is -1.50. The lowest BCUT2D eigenvalue weighted by molar-refractivity contribution is 0.0862. The Balaban J connectivity index is 2.36. The van der Waals surface area contributed by atoms with Crippen molar-refractivity contribution in [3.8, 4) is 0 Å². The number of aromatic amines is 1. The quantitative estimate of drug-likeness (QED) is 0.573. The molecule has 7 heteroatoms. The van der Waals surface area contributed by atoms with Crippen molar-refractivity contribution in [3.63, 3.8) is 0 Å². The summed E-state index contributed by atoms with van der Waals surface area (Å²) in [7, 11) is 0. The average Bonchev–Trinajstić information content (AvgIpc) is 2.66. The van der Waals surface area contributed by atoms with Gasteiger partial charge in [0.05, 0.1) is 6.10 Å². The van der Waals surface area contributed by atoms with E-state index in [1.165, 1.54) is 0 Å². The van der Waals surface area contributed by atoms with Crippen LogP contribution in [-0.2, 0) is 0 Å². The zero-order chi connectivity index (χ0) is 10.6. The first-order valence-corrected chi connectivity index (χ1v) is 4.31. The first kappa shape index (κ1) is 10.6. The molecule has 0 aliphatic heterocycles. The van der Waals surface area contributed by atoms with E-state index in [2.05, 4.69) is 25.9 Å². The fourth-order valence-electron chi connectivity index (χ4n) is 0.770. The van der Waals surface area contributed by atoms with Gasteiger partial charge in [-0.25, -0.2) is 0 Å². The van der Waals surface area contributed by atoms with Gasteiger partial charge in [-0.1, -0.05) is 13.8 Å². The maximum absolute atomic E-state index is 11.2. The molecule has 0 aliphatic carbocycles. The molecular formula is C7H13N5O2. The third kappa shape index (κ3) is 2.77. The van der Waals surface area contributed by atoms with Crippen molar-refractivity contribution >= 4 is 5.91 Å². The minimum absolute atomic E-state index is 0.0269. The highest BCUT2D eigenvalue weighted by molar-refractivity contribution is 5.89. The molecule has 0 saturated heterocycles. The SMILES string of the molecule is CC(C)C(O)CNC(=O)c1nn[nH]n1. The van der Waals surface area contributed by atoms with Gasteiger partial charge < -0.3 is 10.4 Å². The molecule has 0 radical (unpaired) electrons. The molecule has 0 aliphatic rings. The van der Waals surface area contributed by atoms with E-state index in [1.807, 2.05) is 13.8 Å². The molecule has 0 saturated carbocycles. The lowest BCUT2D eigenvalue weighted by Crippen LogP contribution is -2.35. The zero-order valence-corrected chi connectivity index (χ0v) is 8.06. The molecule has 1 atom stereocenters. The number of aromatic nitrogens is 4. The van der Waals surface area contributed by atoms with Crippen LogP contribution in [0.1, 0.15) is 24.5 Å². The summed E-state index contributed by atoms with van der Waals surface area (Å²) < 4.78 is 0. The second-order valence-corrected chi connectivity index (χ2v) is 3.26. The number of tetrazole rings is 1. The lowest BCUT2D eigenvalue weighted by Gasteiger charge is -2.13. The molecule has 0 spiro atoms. The minimum Gasteiger partial charge on any atom is -0.391 e. The highest BCUT2D eigenvalue weighted by Gasteiger charge is 2.14. The van der Waals surface area contributed by atoms with E-state index in [0.717, 1.165) is 0 Å². The van der Waals surface area contributed by atoms with Gasteiger partial charge in [0, 0.05) is 6.54 Å². The number of H-pyrrole nitrogens is 1. The summed E-state index contributed by atoms with van der Waals surface area (Å²) in [5.74, 6) is -0.375. The molecule has 7 nitrogen and oxygen atoms in total. The number of hydrogen-bond donors (Lipinski definition) is 3. The van der Waals surface area contributed by atoms with Crippen molar-refractivity contribution in [2.45, 2.75) is 20.0 Å². The van der Waals surface area contributed by atoms with E-state index >= 15 is 0 Å². The van der Waals surface area contributed by atoms with Gasteiger partial charge in [-0.2, -0.15) is 5.21 Å². The summed E-state index contributed by atoms with van der Waals surface area (Å²) in [6, 6.07) is 0. The highest BCUT2D eigenvalue weighted by atomic mass is 16.3. The third-order valence-electron chi connectivity index (χ3n) is 1.79. The van der Waals surface area contributed by atoms with Gasteiger partial charge in [-0.05, 0) is 11.1 Å². The van der Waals surface area contributed by atoms with Crippen molar-refractivity contribution < 1.29 is 9.90 Å². The smallest absolute Gasteiger partial charge is 0.292 e. The zero-order valence-electron chi connectivity index (χ0n) is 8.06. The van der Waals surface area contributed by atoms with Crippen molar-refractivity contribution in [1.82, 2.24) is 25.9 Å². The standard InChI is InChI=1S/C7H13N5O2/c1-4(2)5(13)3-8-7(14)6-9-11-12-10-6/h4-5,13H,3H2,1-2H3,(H,8,14)(H,9,10,11,12). The first-order valence-electron chi connectivity index (χ1n) is 4.31. The summed E-state index contributed by atoms with van der Waals surface area (Å²) >= 11 is 0. The van der Waals surface area contributed by atoms with Crippen LogP contribution >= 0.6 is 0 Å². The molecule has 1 heterocycles. The highest BCUT2D eigenvalue weighted by Crippen LogP contribution is 1.98. The third-order valence-corrected chi connectivity index (χ3v) is 1.79. The minimum atomic E-state index is -0.564. The van der Waals surface area contributed by atoms with Crippen molar-refractivity contribution in [1.29, 1.82) is 0 Å². The maximum atomic E-state index is 11.2.